The van der Waals surface area contributed by atoms with Gasteiger partial charge in [0.25, 0.3) is 5.91 Å². The number of carbonyl (C=O) groups is 3. The number of benzene rings is 1. The van der Waals surface area contributed by atoms with Gasteiger partial charge in [-0.1, -0.05) is 17.7 Å². The van der Waals surface area contributed by atoms with Crippen LogP contribution in [0.1, 0.15) is 10.4 Å². The summed E-state index contributed by atoms with van der Waals surface area (Å²) in [4.78, 5) is 37.4. The second-order valence-electron chi connectivity index (χ2n) is 5.95. The number of thiophene rings is 1. The van der Waals surface area contributed by atoms with Gasteiger partial charge < -0.3 is 15.0 Å². The van der Waals surface area contributed by atoms with Gasteiger partial charge in [-0.05, 0) is 35.7 Å². The summed E-state index contributed by atoms with van der Waals surface area (Å²) in [6.45, 7) is -1.04. The number of nitrogens with zero attached hydrogens (tertiary/aromatic N) is 1. The number of esters is 1. The minimum absolute atomic E-state index is 0.122. The number of alkyl halides is 3. The standard InChI is InChI=1S/C19H16ClF3N2O4S/c1-25(17(27)11-29-18(28)7-5-13-3-2-8-30-13)10-16(26)24-12-4-6-15(20)14(9-12)19(21,22)23/h2-9H,10-11H2,1H3,(H,24,26)/b7-5+. The zero-order valence-corrected chi connectivity index (χ0v) is 17.1. The lowest BCUT2D eigenvalue weighted by molar-refractivity contribution is -0.148. The Kier molecular flexibility index (Phi) is 8.01. The average molecular weight is 461 g/mol. The molecule has 0 radical (unpaired) electrons. The molecule has 30 heavy (non-hydrogen) atoms. The Morgan fingerprint density at radius 2 is 2.00 bits per heavy atom. The smallest absolute Gasteiger partial charge is 0.417 e. The predicted molar refractivity (Wildman–Crippen MR) is 107 cm³/mol. The lowest BCUT2D eigenvalue weighted by atomic mass is 10.2. The number of amides is 2. The zero-order valence-electron chi connectivity index (χ0n) is 15.5. The van der Waals surface area contributed by atoms with Crippen LogP contribution in [0.3, 0.4) is 0 Å². The molecule has 0 unspecified atom stereocenters. The molecule has 0 fully saturated rings. The van der Waals surface area contributed by atoms with Crippen LogP contribution in [-0.2, 0) is 25.3 Å². The monoisotopic (exact) mass is 460 g/mol. The van der Waals surface area contributed by atoms with E-state index in [2.05, 4.69) is 5.32 Å². The molecule has 1 aromatic carbocycles. The van der Waals surface area contributed by atoms with Gasteiger partial charge in [0.15, 0.2) is 6.61 Å². The highest BCUT2D eigenvalue weighted by molar-refractivity contribution is 7.10. The number of halogens is 4. The average Bonchev–Trinajstić information content (AvgIpc) is 3.18. The lowest BCUT2D eigenvalue weighted by Crippen LogP contribution is -2.37. The molecule has 0 aliphatic carbocycles. The molecular weight excluding hydrogens is 445 g/mol. The van der Waals surface area contributed by atoms with Gasteiger partial charge in [0.2, 0.25) is 5.91 Å². The summed E-state index contributed by atoms with van der Waals surface area (Å²) in [6, 6.07) is 6.53. The quantitative estimate of drug-likeness (QED) is 0.499. The molecule has 0 saturated carbocycles. The fourth-order valence-electron chi connectivity index (χ4n) is 2.15. The number of hydrogen-bond donors (Lipinski definition) is 1. The third-order valence-electron chi connectivity index (χ3n) is 3.63. The number of carbonyl (C=O) groups excluding carboxylic acids is 3. The maximum absolute atomic E-state index is 12.9. The third-order valence-corrected chi connectivity index (χ3v) is 4.79. The van der Waals surface area contributed by atoms with Crippen molar-refractivity contribution in [2.24, 2.45) is 0 Å². The van der Waals surface area contributed by atoms with Crippen LogP contribution < -0.4 is 5.32 Å². The molecule has 0 spiro atoms. The molecule has 0 saturated heterocycles. The lowest BCUT2D eigenvalue weighted by Gasteiger charge is -2.17. The van der Waals surface area contributed by atoms with Crippen molar-refractivity contribution in [1.82, 2.24) is 4.90 Å². The molecule has 1 N–H and O–H groups in total. The number of anilines is 1. The molecule has 0 atom stereocenters. The fourth-order valence-corrected chi connectivity index (χ4v) is 2.99. The molecule has 11 heteroatoms. The van der Waals surface area contributed by atoms with Gasteiger partial charge in [-0.3, -0.25) is 9.59 Å². The van der Waals surface area contributed by atoms with Crippen molar-refractivity contribution in [3.05, 3.63) is 57.3 Å². The van der Waals surface area contributed by atoms with E-state index < -0.39 is 47.7 Å². The largest absolute Gasteiger partial charge is 0.452 e. The Hall–Kier alpha value is -2.85. The van der Waals surface area contributed by atoms with E-state index in [0.717, 1.165) is 15.8 Å². The van der Waals surface area contributed by atoms with E-state index in [1.54, 1.807) is 6.07 Å². The molecule has 2 rings (SSSR count). The molecule has 0 aliphatic rings. The van der Waals surface area contributed by atoms with Crippen molar-refractivity contribution in [3.63, 3.8) is 0 Å². The summed E-state index contributed by atoms with van der Waals surface area (Å²) in [7, 11) is 1.29. The molecule has 0 bridgehead atoms. The minimum Gasteiger partial charge on any atom is -0.452 e. The topological polar surface area (TPSA) is 75.7 Å². The predicted octanol–water partition coefficient (Wildman–Crippen LogP) is 4.07. The zero-order chi connectivity index (χ0) is 22.3. The van der Waals surface area contributed by atoms with Crippen LogP contribution in [0.25, 0.3) is 6.08 Å². The molecule has 2 aromatic rings. The second kappa shape index (κ2) is 10.3. The molecule has 6 nitrogen and oxygen atoms in total. The van der Waals surface area contributed by atoms with Gasteiger partial charge in [0.1, 0.15) is 0 Å². The molecule has 160 valence electrons. The van der Waals surface area contributed by atoms with E-state index in [1.807, 2.05) is 11.4 Å². The summed E-state index contributed by atoms with van der Waals surface area (Å²) in [5, 5.41) is 3.60. The van der Waals surface area contributed by atoms with Crippen molar-refractivity contribution in [2.75, 3.05) is 25.5 Å². The third kappa shape index (κ3) is 7.20. The summed E-state index contributed by atoms with van der Waals surface area (Å²) in [6.07, 6.45) is -1.97. The van der Waals surface area contributed by atoms with Crippen LogP contribution in [0, 0.1) is 0 Å². The maximum Gasteiger partial charge on any atom is 0.417 e. The molecule has 0 aliphatic heterocycles. The van der Waals surface area contributed by atoms with Gasteiger partial charge in [0, 0.05) is 23.7 Å². The van der Waals surface area contributed by atoms with Crippen LogP contribution in [0.5, 0.6) is 0 Å². The van der Waals surface area contributed by atoms with Crippen LogP contribution in [-0.4, -0.2) is 42.9 Å². The van der Waals surface area contributed by atoms with Crippen LogP contribution in [0.2, 0.25) is 5.02 Å². The van der Waals surface area contributed by atoms with E-state index >= 15 is 0 Å². The molecule has 1 aromatic heterocycles. The van der Waals surface area contributed by atoms with E-state index in [4.69, 9.17) is 16.3 Å². The summed E-state index contributed by atoms with van der Waals surface area (Å²) in [5.74, 6) is -2.12. The first-order valence-electron chi connectivity index (χ1n) is 8.35. The molecular formula is C19H16ClF3N2O4S. The van der Waals surface area contributed by atoms with Gasteiger partial charge in [-0.25, -0.2) is 4.79 Å². The minimum atomic E-state index is -4.67. The number of likely N-dealkylation sites (N-methyl/N-ethyl adjacent to an activating group) is 1. The number of rotatable bonds is 7. The summed E-state index contributed by atoms with van der Waals surface area (Å²) >= 11 is 6.94. The first-order valence-corrected chi connectivity index (χ1v) is 9.61. The second-order valence-corrected chi connectivity index (χ2v) is 7.33. The first-order chi connectivity index (χ1) is 14.1. The number of nitrogens with one attached hydrogen (secondary N) is 1. The van der Waals surface area contributed by atoms with Crippen LogP contribution in [0.4, 0.5) is 18.9 Å². The van der Waals surface area contributed by atoms with Crippen LogP contribution >= 0.6 is 22.9 Å². The Balaban J connectivity index is 1.83. The summed E-state index contributed by atoms with van der Waals surface area (Å²) < 4.78 is 43.4. The highest BCUT2D eigenvalue weighted by Crippen LogP contribution is 2.36. The first kappa shape index (κ1) is 23.4. The van der Waals surface area contributed by atoms with Crippen LogP contribution in [0.15, 0.2) is 41.8 Å². The van der Waals surface area contributed by atoms with Gasteiger partial charge in [-0.2, -0.15) is 13.2 Å². The van der Waals surface area contributed by atoms with Gasteiger partial charge >= 0.3 is 12.1 Å². The van der Waals surface area contributed by atoms with Crippen molar-refractivity contribution >= 4 is 52.5 Å². The highest BCUT2D eigenvalue weighted by Gasteiger charge is 2.33. The number of hydrogen-bond acceptors (Lipinski definition) is 5. The van der Waals surface area contributed by atoms with E-state index in [1.165, 1.54) is 36.6 Å². The maximum atomic E-state index is 12.9. The van der Waals surface area contributed by atoms with E-state index in [-0.39, 0.29) is 5.69 Å². The Morgan fingerprint density at radius 3 is 2.63 bits per heavy atom. The van der Waals surface area contributed by atoms with Crippen molar-refractivity contribution in [3.8, 4) is 0 Å². The van der Waals surface area contributed by atoms with Gasteiger partial charge in [0.05, 0.1) is 17.1 Å². The van der Waals surface area contributed by atoms with Crippen molar-refractivity contribution in [2.45, 2.75) is 6.18 Å². The van der Waals surface area contributed by atoms with Gasteiger partial charge in [-0.15, -0.1) is 11.3 Å². The number of ether oxygens (including phenoxy) is 1. The normalized spacial score (nSPS) is 11.4. The summed E-state index contributed by atoms with van der Waals surface area (Å²) in [5.41, 5.74) is -1.21. The van der Waals surface area contributed by atoms with Crippen molar-refractivity contribution in [1.29, 1.82) is 0 Å². The Morgan fingerprint density at radius 1 is 1.27 bits per heavy atom. The fraction of sp³-hybridized carbons (Fsp3) is 0.211. The molecule has 2 amide bonds. The SMILES string of the molecule is CN(CC(=O)Nc1ccc(Cl)c(C(F)(F)F)c1)C(=O)COC(=O)/C=C/c1cccs1. The van der Waals surface area contributed by atoms with E-state index in [9.17, 15) is 27.6 Å². The highest BCUT2D eigenvalue weighted by atomic mass is 35.5. The Labute approximate surface area is 178 Å². The van der Waals surface area contributed by atoms with E-state index in [0.29, 0.717) is 6.07 Å². The van der Waals surface area contributed by atoms with Crippen molar-refractivity contribution < 1.29 is 32.3 Å². The Bertz CT molecular complexity index is 946. The molecule has 1 heterocycles.